The average molecular weight is 370 g/mol. The van der Waals surface area contributed by atoms with E-state index in [1.165, 1.54) is 24.3 Å². The maximum atomic E-state index is 9.68. The quantitative estimate of drug-likeness (QED) is 0.622. The van der Waals surface area contributed by atoms with E-state index in [2.05, 4.69) is 0 Å². The van der Waals surface area contributed by atoms with Crippen LogP contribution in [0, 0.1) is 0 Å². The summed E-state index contributed by atoms with van der Waals surface area (Å²) in [6.45, 7) is 0.647. The van der Waals surface area contributed by atoms with Crippen molar-refractivity contribution in [3.05, 3.63) is 47.5 Å². The molecular weight excluding hydrogens is 350 g/mol. The second-order valence-corrected chi connectivity index (χ2v) is 5.31. The third-order valence-electron chi connectivity index (χ3n) is 3.35. The van der Waals surface area contributed by atoms with Crippen LogP contribution in [-0.2, 0) is 0 Å². The number of halogens is 1. The first-order valence-corrected chi connectivity index (χ1v) is 6.57. The highest BCUT2D eigenvalue weighted by Crippen LogP contribution is 2.35. The maximum Gasteiger partial charge on any atom is 0.157 e. The van der Waals surface area contributed by atoms with Crippen molar-refractivity contribution in [3.8, 4) is 23.0 Å². The van der Waals surface area contributed by atoms with Gasteiger partial charge in [0.15, 0.2) is 23.0 Å². The maximum absolute atomic E-state index is 9.68. The van der Waals surface area contributed by atoms with Crippen molar-refractivity contribution in [2.75, 3.05) is 20.6 Å². The molecule has 120 valence electrons. The van der Waals surface area contributed by atoms with Crippen molar-refractivity contribution in [2.45, 2.75) is 5.92 Å². The molecule has 2 aromatic carbocycles. The SMILES string of the molecule is Br.CN(C)CC(c1ccc(O)c(O)c1)c1ccc(O)c(O)c1. The summed E-state index contributed by atoms with van der Waals surface area (Å²) in [4.78, 5) is 1.98. The fourth-order valence-electron chi connectivity index (χ4n) is 2.28. The van der Waals surface area contributed by atoms with Crippen LogP contribution in [-0.4, -0.2) is 46.0 Å². The number of hydrogen-bond donors (Lipinski definition) is 4. The van der Waals surface area contributed by atoms with Gasteiger partial charge in [-0.1, -0.05) is 12.1 Å². The van der Waals surface area contributed by atoms with E-state index in [4.69, 9.17) is 0 Å². The molecule has 0 fully saturated rings. The summed E-state index contributed by atoms with van der Waals surface area (Å²) >= 11 is 0. The van der Waals surface area contributed by atoms with E-state index in [1.54, 1.807) is 12.1 Å². The summed E-state index contributed by atoms with van der Waals surface area (Å²) in [7, 11) is 3.85. The van der Waals surface area contributed by atoms with Crippen LogP contribution in [0.4, 0.5) is 0 Å². The summed E-state index contributed by atoms with van der Waals surface area (Å²) < 4.78 is 0. The molecule has 0 amide bonds. The van der Waals surface area contributed by atoms with Gasteiger partial charge < -0.3 is 25.3 Å². The first-order chi connectivity index (χ1) is 9.88. The van der Waals surface area contributed by atoms with E-state index in [1.807, 2.05) is 19.0 Å². The zero-order valence-electron chi connectivity index (χ0n) is 12.4. The molecule has 5 nitrogen and oxygen atoms in total. The molecule has 0 aliphatic carbocycles. The Morgan fingerprint density at radius 1 is 0.773 bits per heavy atom. The number of aromatic hydroxyl groups is 4. The van der Waals surface area contributed by atoms with Crippen LogP contribution in [0.15, 0.2) is 36.4 Å². The summed E-state index contributed by atoms with van der Waals surface area (Å²) in [5.74, 6) is -0.816. The van der Waals surface area contributed by atoms with Gasteiger partial charge in [-0.25, -0.2) is 0 Å². The fourth-order valence-corrected chi connectivity index (χ4v) is 2.28. The van der Waals surface area contributed by atoms with Crippen LogP contribution in [0.25, 0.3) is 0 Å². The van der Waals surface area contributed by atoms with Crippen LogP contribution in [0.5, 0.6) is 23.0 Å². The molecule has 0 saturated heterocycles. The van der Waals surface area contributed by atoms with E-state index in [0.717, 1.165) is 11.1 Å². The Bertz CT molecular complexity index is 595. The number of hydrogen-bond acceptors (Lipinski definition) is 5. The molecule has 0 spiro atoms. The number of nitrogens with zero attached hydrogens (tertiary/aromatic N) is 1. The van der Waals surface area contributed by atoms with Crippen molar-refractivity contribution in [1.82, 2.24) is 4.90 Å². The second kappa shape index (κ2) is 7.38. The smallest absolute Gasteiger partial charge is 0.157 e. The Labute approximate surface area is 139 Å². The molecular formula is C16H20BrNO4. The highest BCUT2D eigenvalue weighted by molar-refractivity contribution is 8.93. The van der Waals surface area contributed by atoms with Gasteiger partial charge >= 0.3 is 0 Å². The largest absolute Gasteiger partial charge is 0.504 e. The third kappa shape index (κ3) is 4.05. The predicted molar refractivity (Wildman–Crippen MR) is 90.3 cm³/mol. The Kier molecular flexibility index (Phi) is 6.08. The van der Waals surface area contributed by atoms with Gasteiger partial charge in [0.1, 0.15) is 0 Å². The van der Waals surface area contributed by atoms with Gasteiger partial charge in [-0.2, -0.15) is 0 Å². The molecule has 2 aromatic rings. The number of rotatable bonds is 4. The van der Waals surface area contributed by atoms with Crippen molar-refractivity contribution in [2.24, 2.45) is 0 Å². The Morgan fingerprint density at radius 3 is 1.50 bits per heavy atom. The molecule has 0 saturated carbocycles. The molecule has 0 atom stereocenters. The zero-order chi connectivity index (χ0) is 15.6. The van der Waals surface area contributed by atoms with Crippen molar-refractivity contribution >= 4 is 17.0 Å². The number of likely N-dealkylation sites (N-methyl/N-ethyl adjacent to an activating group) is 1. The van der Waals surface area contributed by atoms with Crippen molar-refractivity contribution in [3.63, 3.8) is 0 Å². The summed E-state index contributed by atoms with van der Waals surface area (Å²) in [6.07, 6.45) is 0. The monoisotopic (exact) mass is 369 g/mol. The lowest BCUT2D eigenvalue weighted by molar-refractivity contribution is 0.384. The first-order valence-electron chi connectivity index (χ1n) is 6.57. The average Bonchev–Trinajstić information content (AvgIpc) is 2.42. The molecule has 0 unspecified atom stereocenters. The molecule has 0 bridgehead atoms. The Morgan fingerprint density at radius 2 is 1.18 bits per heavy atom. The molecule has 0 aliphatic rings. The van der Waals surface area contributed by atoms with E-state index in [-0.39, 0.29) is 45.9 Å². The lowest BCUT2D eigenvalue weighted by atomic mass is 9.90. The molecule has 0 radical (unpaired) electrons. The Hall–Kier alpha value is -1.92. The van der Waals surface area contributed by atoms with E-state index >= 15 is 0 Å². The molecule has 0 aliphatic heterocycles. The second-order valence-electron chi connectivity index (χ2n) is 5.31. The van der Waals surface area contributed by atoms with E-state index in [0.29, 0.717) is 6.54 Å². The number of benzene rings is 2. The molecule has 6 heteroatoms. The van der Waals surface area contributed by atoms with Crippen LogP contribution >= 0.6 is 17.0 Å². The third-order valence-corrected chi connectivity index (χ3v) is 3.35. The normalized spacial score (nSPS) is 10.7. The minimum atomic E-state index is -0.181. The van der Waals surface area contributed by atoms with Gasteiger partial charge in [-0.05, 0) is 49.5 Å². The van der Waals surface area contributed by atoms with Crippen LogP contribution in [0.3, 0.4) is 0 Å². The molecule has 4 N–H and O–H groups in total. The van der Waals surface area contributed by atoms with Gasteiger partial charge in [0.25, 0.3) is 0 Å². The lowest BCUT2D eigenvalue weighted by Crippen LogP contribution is -2.21. The molecule has 0 heterocycles. The van der Waals surface area contributed by atoms with E-state index < -0.39 is 0 Å². The summed E-state index contributed by atoms with van der Waals surface area (Å²) in [6, 6.07) is 9.35. The predicted octanol–water partition coefficient (Wildman–Crippen LogP) is 2.78. The van der Waals surface area contributed by atoms with Crippen molar-refractivity contribution in [1.29, 1.82) is 0 Å². The standard InChI is InChI=1S/C16H19NO4.BrH/c1-17(2)9-12(10-3-5-13(18)15(20)7-10)11-4-6-14(19)16(21)8-11;/h3-8,12,18-21H,9H2,1-2H3;1H. The topological polar surface area (TPSA) is 84.2 Å². The van der Waals surface area contributed by atoms with Crippen molar-refractivity contribution < 1.29 is 20.4 Å². The van der Waals surface area contributed by atoms with Gasteiger partial charge in [0, 0.05) is 12.5 Å². The van der Waals surface area contributed by atoms with Gasteiger partial charge in [0.05, 0.1) is 0 Å². The van der Waals surface area contributed by atoms with E-state index in [9.17, 15) is 20.4 Å². The minimum Gasteiger partial charge on any atom is -0.504 e. The minimum absolute atomic E-state index is 0. The van der Waals surface area contributed by atoms with Gasteiger partial charge in [0.2, 0.25) is 0 Å². The molecule has 0 aromatic heterocycles. The van der Waals surface area contributed by atoms with Crippen LogP contribution in [0.2, 0.25) is 0 Å². The molecule has 22 heavy (non-hydrogen) atoms. The first kappa shape index (κ1) is 18.1. The summed E-state index contributed by atoms with van der Waals surface area (Å²) in [5, 5.41) is 38.2. The van der Waals surface area contributed by atoms with Crippen LogP contribution < -0.4 is 0 Å². The van der Waals surface area contributed by atoms with Gasteiger partial charge in [-0.3, -0.25) is 0 Å². The fraction of sp³-hybridized carbons (Fsp3) is 0.250. The lowest BCUT2D eigenvalue weighted by Gasteiger charge is -2.22. The van der Waals surface area contributed by atoms with Gasteiger partial charge in [-0.15, -0.1) is 17.0 Å². The van der Waals surface area contributed by atoms with Crippen LogP contribution in [0.1, 0.15) is 17.0 Å². The Balaban J connectivity index is 0.00000242. The summed E-state index contributed by atoms with van der Waals surface area (Å²) in [5.41, 5.74) is 1.62. The molecule has 2 rings (SSSR count). The number of phenols is 4. The highest BCUT2D eigenvalue weighted by atomic mass is 79.9. The highest BCUT2D eigenvalue weighted by Gasteiger charge is 2.18. The number of phenolic OH excluding ortho intramolecular Hbond substituents is 4. The zero-order valence-corrected chi connectivity index (χ0v) is 14.1.